The third-order valence-electron chi connectivity index (χ3n) is 2.93. The van der Waals surface area contributed by atoms with E-state index in [-0.39, 0.29) is 24.3 Å². The van der Waals surface area contributed by atoms with Gasteiger partial charge in [-0.25, -0.2) is 0 Å². The van der Waals surface area contributed by atoms with Crippen molar-refractivity contribution in [2.45, 2.75) is 52.1 Å². The van der Waals surface area contributed by atoms with Crippen LogP contribution in [0.2, 0.25) is 0 Å². The van der Waals surface area contributed by atoms with E-state index in [9.17, 15) is 14.4 Å². The normalized spacial score (nSPS) is 13.6. The van der Waals surface area contributed by atoms with Gasteiger partial charge in [-0.15, -0.1) is 0 Å². The van der Waals surface area contributed by atoms with Gasteiger partial charge in [-0.3, -0.25) is 14.4 Å². The first-order valence-electron chi connectivity index (χ1n) is 7.35. The molecule has 0 aromatic carbocycles. The molecular formula is C14H28N4O3. The Morgan fingerprint density at radius 2 is 1.71 bits per heavy atom. The van der Waals surface area contributed by atoms with Crippen LogP contribution >= 0.6 is 0 Å². The molecule has 7 heteroatoms. The molecule has 0 aliphatic rings. The summed E-state index contributed by atoms with van der Waals surface area (Å²) in [5.41, 5.74) is 5.27. The van der Waals surface area contributed by atoms with E-state index in [4.69, 9.17) is 5.73 Å². The quantitative estimate of drug-likeness (QED) is 0.436. The Morgan fingerprint density at radius 1 is 1.10 bits per heavy atom. The molecule has 0 fully saturated rings. The van der Waals surface area contributed by atoms with E-state index < -0.39 is 18.0 Å². The standard InChI is InChI=1S/C14H28N4O3/c1-5-6-10(13(15)20)18-14(21)11(7-9(2)3)17-12(19)8-16-4/h9-11,16H,5-8H2,1-4H3,(H2,15,20)(H,17,19)(H,18,21)/t10-,11+/m0/s1. The fraction of sp³-hybridized carbons (Fsp3) is 0.786. The van der Waals surface area contributed by atoms with E-state index in [1.807, 2.05) is 20.8 Å². The van der Waals surface area contributed by atoms with Gasteiger partial charge < -0.3 is 21.7 Å². The van der Waals surface area contributed by atoms with Crippen molar-refractivity contribution in [2.24, 2.45) is 11.7 Å². The number of primary amides is 1. The van der Waals surface area contributed by atoms with Crippen molar-refractivity contribution in [3.63, 3.8) is 0 Å². The van der Waals surface area contributed by atoms with Gasteiger partial charge in [-0.1, -0.05) is 27.2 Å². The molecule has 0 radical (unpaired) electrons. The Labute approximate surface area is 126 Å². The Balaban J connectivity index is 4.76. The molecule has 0 saturated carbocycles. The lowest BCUT2D eigenvalue weighted by atomic mass is 10.0. The summed E-state index contributed by atoms with van der Waals surface area (Å²) in [6.45, 7) is 5.96. The third-order valence-corrected chi connectivity index (χ3v) is 2.93. The molecule has 0 aliphatic carbocycles. The first-order valence-corrected chi connectivity index (χ1v) is 7.35. The van der Waals surface area contributed by atoms with Crippen molar-refractivity contribution in [3.05, 3.63) is 0 Å². The Hall–Kier alpha value is -1.63. The number of rotatable bonds is 10. The Bertz CT molecular complexity index is 358. The van der Waals surface area contributed by atoms with Crippen molar-refractivity contribution in [1.82, 2.24) is 16.0 Å². The molecule has 0 spiro atoms. The molecule has 122 valence electrons. The maximum Gasteiger partial charge on any atom is 0.243 e. The van der Waals surface area contributed by atoms with Gasteiger partial charge >= 0.3 is 0 Å². The molecule has 0 aromatic rings. The molecule has 0 heterocycles. The van der Waals surface area contributed by atoms with Crippen LogP contribution in [0.15, 0.2) is 0 Å². The second kappa shape index (κ2) is 10.1. The van der Waals surface area contributed by atoms with E-state index in [1.165, 1.54) is 0 Å². The van der Waals surface area contributed by atoms with Crippen LogP contribution in [0.1, 0.15) is 40.0 Å². The highest BCUT2D eigenvalue weighted by Gasteiger charge is 2.25. The zero-order chi connectivity index (χ0) is 16.4. The summed E-state index contributed by atoms with van der Waals surface area (Å²) in [6.07, 6.45) is 1.72. The van der Waals surface area contributed by atoms with Gasteiger partial charge in [0.05, 0.1) is 6.54 Å². The van der Waals surface area contributed by atoms with Crippen molar-refractivity contribution in [3.8, 4) is 0 Å². The third kappa shape index (κ3) is 8.29. The average molecular weight is 300 g/mol. The van der Waals surface area contributed by atoms with E-state index in [2.05, 4.69) is 16.0 Å². The molecule has 21 heavy (non-hydrogen) atoms. The molecule has 0 unspecified atom stereocenters. The summed E-state index contributed by atoms with van der Waals surface area (Å²) in [7, 11) is 1.65. The summed E-state index contributed by atoms with van der Waals surface area (Å²) in [4.78, 5) is 35.2. The lowest BCUT2D eigenvalue weighted by Gasteiger charge is -2.23. The minimum atomic E-state index is -0.696. The minimum absolute atomic E-state index is 0.135. The van der Waals surface area contributed by atoms with Crippen LogP contribution in [0.25, 0.3) is 0 Å². The molecule has 0 saturated heterocycles. The van der Waals surface area contributed by atoms with Crippen LogP contribution in [-0.4, -0.2) is 43.4 Å². The number of carbonyl (C=O) groups excluding carboxylic acids is 3. The predicted octanol–water partition coefficient (Wildman–Crippen LogP) is -0.493. The van der Waals surface area contributed by atoms with Gasteiger partial charge in [0.2, 0.25) is 17.7 Å². The number of nitrogens with two attached hydrogens (primary N) is 1. The minimum Gasteiger partial charge on any atom is -0.368 e. The topological polar surface area (TPSA) is 113 Å². The molecule has 0 aromatic heterocycles. The largest absolute Gasteiger partial charge is 0.368 e. The highest BCUT2D eigenvalue weighted by Crippen LogP contribution is 2.06. The zero-order valence-corrected chi connectivity index (χ0v) is 13.4. The van der Waals surface area contributed by atoms with Crippen LogP contribution in [0.3, 0.4) is 0 Å². The lowest BCUT2D eigenvalue weighted by Crippen LogP contribution is -2.54. The Kier molecular flexibility index (Phi) is 9.36. The van der Waals surface area contributed by atoms with Crippen LogP contribution in [-0.2, 0) is 14.4 Å². The maximum atomic E-state index is 12.3. The fourth-order valence-electron chi connectivity index (χ4n) is 1.96. The average Bonchev–Trinajstić information content (AvgIpc) is 2.36. The monoisotopic (exact) mass is 300 g/mol. The Morgan fingerprint density at radius 3 is 2.14 bits per heavy atom. The highest BCUT2D eigenvalue weighted by atomic mass is 16.2. The first-order chi connectivity index (χ1) is 9.81. The number of hydrogen-bond acceptors (Lipinski definition) is 4. The molecule has 0 aliphatic heterocycles. The van der Waals surface area contributed by atoms with E-state index in [0.717, 1.165) is 6.42 Å². The molecule has 2 atom stereocenters. The number of carbonyl (C=O) groups is 3. The number of likely N-dealkylation sites (N-methyl/N-ethyl adjacent to an activating group) is 1. The molecular weight excluding hydrogens is 272 g/mol. The van der Waals surface area contributed by atoms with Crippen molar-refractivity contribution >= 4 is 17.7 Å². The number of nitrogens with one attached hydrogen (secondary N) is 3. The summed E-state index contributed by atoms with van der Waals surface area (Å²) >= 11 is 0. The summed E-state index contributed by atoms with van der Waals surface area (Å²) in [5.74, 6) is -0.960. The zero-order valence-electron chi connectivity index (χ0n) is 13.4. The van der Waals surface area contributed by atoms with Crippen LogP contribution < -0.4 is 21.7 Å². The van der Waals surface area contributed by atoms with Crippen molar-refractivity contribution < 1.29 is 14.4 Å². The predicted molar refractivity (Wildman–Crippen MR) is 81.3 cm³/mol. The van der Waals surface area contributed by atoms with Crippen LogP contribution in [0.4, 0.5) is 0 Å². The van der Waals surface area contributed by atoms with Gasteiger partial charge in [0.15, 0.2) is 0 Å². The molecule has 0 bridgehead atoms. The molecule has 3 amide bonds. The lowest BCUT2D eigenvalue weighted by molar-refractivity contribution is -0.131. The van der Waals surface area contributed by atoms with Crippen LogP contribution in [0.5, 0.6) is 0 Å². The van der Waals surface area contributed by atoms with Gasteiger partial charge in [0, 0.05) is 0 Å². The summed E-state index contributed by atoms with van der Waals surface area (Å²) in [5, 5.41) is 8.02. The van der Waals surface area contributed by atoms with Gasteiger partial charge in [-0.2, -0.15) is 0 Å². The number of hydrogen-bond donors (Lipinski definition) is 4. The van der Waals surface area contributed by atoms with Gasteiger partial charge in [0.1, 0.15) is 12.1 Å². The smallest absolute Gasteiger partial charge is 0.243 e. The molecule has 7 nitrogen and oxygen atoms in total. The van der Waals surface area contributed by atoms with Gasteiger partial charge in [0.25, 0.3) is 0 Å². The van der Waals surface area contributed by atoms with E-state index in [1.54, 1.807) is 7.05 Å². The number of amides is 3. The SMILES string of the molecule is CCC[C@H](NC(=O)[C@@H](CC(C)C)NC(=O)CNC)C(N)=O. The summed E-state index contributed by atoms with van der Waals surface area (Å²) < 4.78 is 0. The van der Waals surface area contributed by atoms with E-state index >= 15 is 0 Å². The molecule has 0 rings (SSSR count). The van der Waals surface area contributed by atoms with Crippen LogP contribution in [0, 0.1) is 5.92 Å². The second-order valence-corrected chi connectivity index (χ2v) is 5.53. The fourth-order valence-corrected chi connectivity index (χ4v) is 1.96. The highest BCUT2D eigenvalue weighted by molar-refractivity contribution is 5.91. The van der Waals surface area contributed by atoms with Gasteiger partial charge in [-0.05, 0) is 25.8 Å². The van der Waals surface area contributed by atoms with Crippen molar-refractivity contribution in [1.29, 1.82) is 0 Å². The molecule has 5 N–H and O–H groups in total. The maximum absolute atomic E-state index is 12.3. The summed E-state index contributed by atoms with van der Waals surface area (Å²) in [6, 6.07) is -1.36. The second-order valence-electron chi connectivity index (χ2n) is 5.53. The van der Waals surface area contributed by atoms with Crippen molar-refractivity contribution in [2.75, 3.05) is 13.6 Å². The van der Waals surface area contributed by atoms with E-state index in [0.29, 0.717) is 12.8 Å². The first kappa shape index (κ1) is 19.4.